The average molecular weight is 307 g/mol. The Kier molecular flexibility index (Phi) is 3.85. The zero-order valence-corrected chi connectivity index (χ0v) is 13.3. The maximum absolute atomic E-state index is 5.44. The van der Waals surface area contributed by atoms with Gasteiger partial charge in [0.15, 0.2) is 0 Å². The van der Waals surface area contributed by atoms with Crippen LogP contribution in [0.15, 0.2) is 48.5 Å². The van der Waals surface area contributed by atoms with Crippen LogP contribution in [-0.2, 0) is 4.74 Å². The van der Waals surface area contributed by atoms with Crippen LogP contribution in [0.25, 0.3) is 22.2 Å². The van der Waals surface area contributed by atoms with Crippen LogP contribution in [0.5, 0.6) is 0 Å². The SMILES string of the molecule is C[C@H](c1ccc(-c2n[nH]c3ccccc23)cc1)N1CCOCC1. The topological polar surface area (TPSA) is 41.2 Å². The van der Waals surface area contributed by atoms with Gasteiger partial charge in [-0.25, -0.2) is 0 Å². The summed E-state index contributed by atoms with van der Waals surface area (Å²) in [5, 5.41) is 8.75. The molecule has 0 radical (unpaired) electrons. The van der Waals surface area contributed by atoms with E-state index in [1.165, 1.54) is 10.9 Å². The molecule has 4 nitrogen and oxygen atoms in total. The molecule has 3 aromatic rings. The molecule has 1 aliphatic rings. The number of benzene rings is 2. The maximum atomic E-state index is 5.44. The van der Waals surface area contributed by atoms with Crippen molar-refractivity contribution in [2.45, 2.75) is 13.0 Å². The minimum atomic E-state index is 0.420. The first kappa shape index (κ1) is 14.4. The van der Waals surface area contributed by atoms with Crippen LogP contribution in [0.4, 0.5) is 0 Å². The van der Waals surface area contributed by atoms with Crippen molar-refractivity contribution in [3.05, 3.63) is 54.1 Å². The standard InChI is InChI=1S/C19H21N3O/c1-14(22-10-12-23-13-11-22)15-6-8-16(9-7-15)19-17-4-2-3-5-18(17)20-21-19/h2-9,14H,10-13H2,1H3,(H,20,21)/t14-/m1/s1. The molecule has 1 aliphatic heterocycles. The maximum Gasteiger partial charge on any atom is 0.0999 e. The van der Waals surface area contributed by atoms with Crippen molar-refractivity contribution in [3.8, 4) is 11.3 Å². The Bertz CT molecular complexity index is 788. The van der Waals surface area contributed by atoms with E-state index in [4.69, 9.17) is 4.74 Å². The fraction of sp³-hybridized carbons (Fsp3) is 0.316. The summed E-state index contributed by atoms with van der Waals surface area (Å²) in [7, 11) is 0. The predicted octanol–water partition coefficient (Wildman–Crippen LogP) is 3.62. The number of fused-ring (bicyclic) bond motifs is 1. The zero-order chi connectivity index (χ0) is 15.6. The first-order chi connectivity index (χ1) is 11.3. The smallest absolute Gasteiger partial charge is 0.0999 e. The summed E-state index contributed by atoms with van der Waals surface area (Å²) >= 11 is 0. The molecule has 2 heterocycles. The molecule has 1 N–H and O–H groups in total. The van der Waals surface area contributed by atoms with Gasteiger partial charge < -0.3 is 4.74 Å². The highest BCUT2D eigenvalue weighted by Gasteiger charge is 2.18. The van der Waals surface area contributed by atoms with Crippen molar-refractivity contribution in [1.82, 2.24) is 15.1 Å². The number of hydrogen-bond acceptors (Lipinski definition) is 3. The van der Waals surface area contributed by atoms with Gasteiger partial charge >= 0.3 is 0 Å². The average Bonchev–Trinajstić information content (AvgIpc) is 3.06. The second kappa shape index (κ2) is 6.14. The van der Waals surface area contributed by atoms with E-state index in [-0.39, 0.29) is 0 Å². The number of nitrogens with one attached hydrogen (secondary N) is 1. The highest BCUT2D eigenvalue weighted by Crippen LogP contribution is 2.28. The van der Waals surface area contributed by atoms with Crippen molar-refractivity contribution in [1.29, 1.82) is 0 Å². The second-order valence-corrected chi connectivity index (χ2v) is 6.06. The Hall–Kier alpha value is -2.17. The number of rotatable bonds is 3. The third kappa shape index (κ3) is 2.76. The van der Waals surface area contributed by atoms with E-state index < -0.39 is 0 Å². The largest absolute Gasteiger partial charge is 0.379 e. The Morgan fingerprint density at radius 3 is 2.57 bits per heavy atom. The number of aromatic amines is 1. The molecule has 1 fully saturated rings. The monoisotopic (exact) mass is 307 g/mol. The number of aromatic nitrogens is 2. The molecule has 0 unspecified atom stereocenters. The third-order valence-electron chi connectivity index (χ3n) is 4.73. The van der Waals surface area contributed by atoms with Gasteiger partial charge in [0.25, 0.3) is 0 Å². The van der Waals surface area contributed by atoms with Gasteiger partial charge in [-0.05, 0) is 18.6 Å². The lowest BCUT2D eigenvalue weighted by molar-refractivity contribution is 0.0198. The number of H-pyrrole nitrogens is 1. The molecule has 2 aromatic carbocycles. The lowest BCUT2D eigenvalue weighted by Crippen LogP contribution is -2.37. The van der Waals surface area contributed by atoms with Gasteiger partial charge in [-0.3, -0.25) is 10.00 Å². The van der Waals surface area contributed by atoms with Crippen molar-refractivity contribution in [3.63, 3.8) is 0 Å². The Labute approximate surface area is 136 Å². The first-order valence-corrected chi connectivity index (χ1v) is 8.18. The summed E-state index contributed by atoms with van der Waals surface area (Å²) in [6.45, 7) is 5.95. The lowest BCUT2D eigenvalue weighted by atomic mass is 10.0. The number of ether oxygens (including phenoxy) is 1. The normalized spacial score (nSPS) is 17.4. The molecule has 0 bridgehead atoms. The third-order valence-corrected chi connectivity index (χ3v) is 4.73. The summed E-state index contributed by atoms with van der Waals surface area (Å²) in [6, 6.07) is 17.5. The van der Waals surface area contributed by atoms with Gasteiger partial charge in [-0.15, -0.1) is 0 Å². The van der Waals surface area contributed by atoms with Crippen LogP contribution in [0.3, 0.4) is 0 Å². The second-order valence-electron chi connectivity index (χ2n) is 6.06. The molecule has 23 heavy (non-hydrogen) atoms. The van der Waals surface area contributed by atoms with E-state index in [1.54, 1.807) is 0 Å². The molecule has 4 rings (SSSR count). The highest BCUT2D eigenvalue weighted by atomic mass is 16.5. The molecule has 118 valence electrons. The molecule has 1 atom stereocenters. The number of morpholine rings is 1. The van der Waals surface area contributed by atoms with E-state index >= 15 is 0 Å². The van der Waals surface area contributed by atoms with Gasteiger partial charge in [-0.1, -0.05) is 42.5 Å². The fourth-order valence-corrected chi connectivity index (χ4v) is 3.28. The van der Waals surface area contributed by atoms with E-state index in [1.807, 2.05) is 6.07 Å². The van der Waals surface area contributed by atoms with Crippen molar-refractivity contribution < 1.29 is 4.74 Å². The molecule has 4 heteroatoms. The minimum Gasteiger partial charge on any atom is -0.379 e. The summed E-state index contributed by atoms with van der Waals surface area (Å²) < 4.78 is 5.44. The summed E-state index contributed by atoms with van der Waals surface area (Å²) in [5.41, 5.74) is 4.59. The van der Waals surface area contributed by atoms with Crippen LogP contribution >= 0.6 is 0 Å². The van der Waals surface area contributed by atoms with E-state index in [9.17, 15) is 0 Å². The molecule has 1 saturated heterocycles. The molecule has 0 aliphatic carbocycles. The fourth-order valence-electron chi connectivity index (χ4n) is 3.28. The Balaban J connectivity index is 1.60. The number of nitrogens with zero attached hydrogens (tertiary/aromatic N) is 2. The van der Waals surface area contributed by atoms with Gasteiger partial charge in [0.1, 0.15) is 0 Å². The number of hydrogen-bond donors (Lipinski definition) is 1. The van der Waals surface area contributed by atoms with E-state index in [2.05, 4.69) is 64.5 Å². The van der Waals surface area contributed by atoms with Gasteiger partial charge in [0.05, 0.1) is 24.4 Å². The molecule has 0 spiro atoms. The molecule has 0 saturated carbocycles. The molecule has 1 aromatic heterocycles. The van der Waals surface area contributed by atoms with E-state index in [0.29, 0.717) is 6.04 Å². The Morgan fingerprint density at radius 2 is 1.78 bits per heavy atom. The number of para-hydroxylation sites is 1. The van der Waals surface area contributed by atoms with Gasteiger partial charge in [-0.2, -0.15) is 5.10 Å². The lowest BCUT2D eigenvalue weighted by Gasteiger charge is -2.32. The quantitative estimate of drug-likeness (QED) is 0.803. The molecular formula is C19H21N3O. The first-order valence-electron chi connectivity index (χ1n) is 8.18. The summed E-state index contributed by atoms with van der Waals surface area (Å²) in [4.78, 5) is 2.47. The van der Waals surface area contributed by atoms with Gasteiger partial charge in [0.2, 0.25) is 0 Å². The highest BCUT2D eigenvalue weighted by molar-refractivity contribution is 5.92. The van der Waals surface area contributed by atoms with Crippen LogP contribution in [0.2, 0.25) is 0 Å². The van der Waals surface area contributed by atoms with Crippen molar-refractivity contribution in [2.24, 2.45) is 0 Å². The van der Waals surface area contributed by atoms with Crippen LogP contribution in [0.1, 0.15) is 18.5 Å². The van der Waals surface area contributed by atoms with Crippen molar-refractivity contribution >= 4 is 10.9 Å². The summed E-state index contributed by atoms with van der Waals surface area (Å²) in [5.74, 6) is 0. The van der Waals surface area contributed by atoms with E-state index in [0.717, 1.165) is 43.1 Å². The molecule has 0 amide bonds. The van der Waals surface area contributed by atoms with Crippen LogP contribution in [0, 0.1) is 0 Å². The van der Waals surface area contributed by atoms with Gasteiger partial charge in [0, 0.05) is 30.1 Å². The predicted molar refractivity (Wildman–Crippen MR) is 92.3 cm³/mol. The van der Waals surface area contributed by atoms with Crippen LogP contribution in [-0.4, -0.2) is 41.4 Å². The Morgan fingerprint density at radius 1 is 1.04 bits per heavy atom. The minimum absolute atomic E-state index is 0.420. The zero-order valence-electron chi connectivity index (χ0n) is 13.3. The summed E-state index contributed by atoms with van der Waals surface area (Å²) in [6.07, 6.45) is 0. The molecular weight excluding hydrogens is 286 g/mol. The van der Waals surface area contributed by atoms with Crippen LogP contribution < -0.4 is 0 Å². The van der Waals surface area contributed by atoms with Crippen molar-refractivity contribution in [2.75, 3.05) is 26.3 Å².